The van der Waals surface area contributed by atoms with Crippen LogP contribution in [0.2, 0.25) is 0 Å². The fourth-order valence-electron chi connectivity index (χ4n) is 1.55. The van der Waals surface area contributed by atoms with Gasteiger partial charge in [0.2, 0.25) is 5.91 Å². The standard InChI is InChI=1S/C13H16INO3/c1-2-3-12(16)15-11(13(17)18)8-9-4-6-10(14)7-5-9/h4-7,11H,2-3,8H2,1H3,(H,15,16)(H,17,18). The molecule has 98 valence electrons. The van der Waals surface area contributed by atoms with Crippen molar-refractivity contribution in [3.8, 4) is 0 Å². The van der Waals surface area contributed by atoms with E-state index in [9.17, 15) is 9.59 Å². The number of amides is 1. The highest BCUT2D eigenvalue weighted by Crippen LogP contribution is 2.09. The molecule has 18 heavy (non-hydrogen) atoms. The predicted molar refractivity (Wildman–Crippen MR) is 77.3 cm³/mol. The highest BCUT2D eigenvalue weighted by Gasteiger charge is 2.19. The number of hydrogen-bond acceptors (Lipinski definition) is 2. The van der Waals surface area contributed by atoms with Gasteiger partial charge in [0, 0.05) is 16.4 Å². The minimum atomic E-state index is -1.00. The summed E-state index contributed by atoms with van der Waals surface area (Å²) in [5.74, 6) is -1.21. The number of benzene rings is 1. The van der Waals surface area contributed by atoms with Gasteiger partial charge in [0.05, 0.1) is 0 Å². The van der Waals surface area contributed by atoms with Gasteiger partial charge in [0.1, 0.15) is 6.04 Å². The van der Waals surface area contributed by atoms with Gasteiger partial charge in [-0.3, -0.25) is 4.79 Å². The summed E-state index contributed by atoms with van der Waals surface area (Å²) in [6.45, 7) is 1.88. The number of carbonyl (C=O) groups excluding carboxylic acids is 1. The van der Waals surface area contributed by atoms with E-state index in [2.05, 4.69) is 27.9 Å². The maximum Gasteiger partial charge on any atom is 0.326 e. The van der Waals surface area contributed by atoms with Crippen molar-refractivity contribution >= 4 is 34.5 Å². The second-order valence-electron chi connectivity index (χ2n) is 4.04. The summed E-state index contributed by atoms with van der Waals surface area (Å²) in [6, 6.07) is 6.74. The van der Waals surface area contributed by atoms with Gasteiger partial charge in [0.15, 0.2) is 0 Å². The van der Waals surface area contributed by atoms with Crippen molar-refractivity contribution in [2.75, 3.05) is 0 Å². The van der Waals surface area contributed by atoms with Gasteiger partial charge in [0.25, 0.3) is 0 Å². The normalized spacial score (nSPS) is 11.9. The van der Waals surface area contributed by atoms with Crippen molar-refractivity contribution in [3.05, 3.63) is 33.4 Å². The van der Waals surface area contributed by atoms with E-state index in [-0.39, 0.29) is 5.91 Å². The minimum Gasteiger partial charge on any atom is -0.480 e. The average molecular weight is 361 g/mol. The van der Waals surface area contributed by atoms with E-state index in [0.29, 0.717) is 19.3 Å². The lowest BCUT2D eigenvalue weighted by molar-refractivity contribution is -0.141. The first-order chi connectivity index (χ1) is 8.52. The fourth-order valence-corrected chi connectivity index (χ4v) is 1.91. The molecule has 1 aromatic carbocycles. The third kappa shape index (κ3) is 5.03. The van der Waals surface area contributed by atoms with Crippen LogP contribution < -0.4 is 5.32 Å². The smallest absolute Gasteiger partial charge is 0.326 e. The number of aliphatic carboxylic acids is 1. The van der Waals surface area contributed by atoms with E-state index in [1.54, 1.807) is 0 Å². The third-order valence-corrected chi connectivity index (χ3v) is 3.18. The van der Waals surface area contributed by atoms with E-state index in [1.807, 2.05) is 31.2 Å². The Morgan fingerprint density at radius 3 is 2.44 bits per heavy atom. The summed E-state index contributed by atoms with van der Waals surface area (Å²) < 4.78 is 1.10. The van der Waals surface area contributed by atoms with Crippen molar-refractivity contribution in [2.45, 2.75) is 32.2 Å². The highest BCUT2D eigenvalue weighted by molar-refractivity contribution is 14.1. The van der Waals surface area contributed by atoms with Crippen LogP contribution in [0.1, 0.15) is 25.3 Å². The Labute approximate surface area is 120 Å². The van der Waals surface area contributed by atoms with Gasteiger partial charge >= 0.3 is 5.97 Å². The molecule has 0 saturated carbocycles. The molecule has 0 aliphatic carbocycles. The van der Waals surface area contributed by atoms with Crippen LogP contribution in [-0.2, 0) is 16.0 Å². The molecule has 0 fully saturated rings. The van der Waals surface area contributed by atoms with Crippen molar-refractivity contribution in [2.24, 2.45) is 0 Å². The molecule has 4 nitrogen and oxygen atoms in total. The Morgan fingerprint density at radius 1 is 1.33 bits per heavy atom. The lowest BCUT2D eigenvalue weighted by Gasteiger charge is -2.14. The Morgan fingerprint density at radius 2 is 1.94 bits per heavy atom. The van der Waals surface area contributed by atoms with Crippen LogP contribution in [0.15, 0.2) is 24.3 Å². The van der Waals surface area contributed by atoms with Crippen LogP contribution in [0, 0.1) is 3.57 Å². The Hall–Kier alpha value is -1.11. The van der Waals surface area contributed by atoms with E-state index in [0.717, 1.165) is 9.13 Å². The molecule has 1 amide bonds. The van der Waals surface area contributed by atoms with Gasteiger partial charge in [-0.25, -0.2) is 4.79 Å². The van der Waals surface area contributed by atoms with Crippen LogP contribution in [0.25, 0.3) is 0 Å². The van der Waals surface area contributed by atoms with Gasteiger partial charge < -0.3 is 10.4 Å². The third-order valence-electron chi connectivity index (χ3n) is 2.46. The number of nitrogens with one attached hydrogen (secondary N) is 1. The number of carboxylic acids is 1. The monoisotopic (exact) mass is 361 g/mol. The SMILES string of the molecule is CCCC(=O)NC(Cc1ccc(I)cc1)C(=O)O. The molecule has 0 aliphatic rings. The van der Waals surface area contributed by atoms with Gasteiger partial charge in [-0.15, -0.1) is 0 Å². The van der Waals surface area contributed by atoms with Crippen LogP contribution in [0.4, 0.5) is 0 Å². The molecule has 0 aliphatic heterocycles. The Kier molecular flexibility index (Phi) is 6.11. The molecule has 5 heteroatoms. The van der Waals surface area contributed by atoms with Crippen molar-refractivity contribution in [1.82, 2.24) is 5.32 Å². The summed E-state index contributed by atoms with van der Waals surface area (Å²) in [7, 11) is 0. The summed E-state index contributed by atoms with van der Waals surface area (Å²) >= 11 is 2.19. The fraction of sp³-hybridized carbons (Fsp3) is 0.385. The van der Waals surface area contributed by atoms with Crippen LogP contribution >= 0.6 is 22.6 Å². The van der Waals surface area contributed by atoms with Gasteiger partial charge in [-0.05, 0) is 46.7 Å². The first-order valence-corrected chi connectivity index (χ1v) is 6.87. The molecule has 0 aromatic heterocycles. The summed E-state index contributed by atoms with van der Waals surface area (Å²) in [5, 5.41) is 11.6. The summed E-state index contributed by atoms with van der Waals surface area (Å²) in [5.41, 5.74) is 0.902. The second kappa shape index (κ2) is 7.35. The van der Waals surface area contributed by atoms with Crippen LogP contribution in [-0.4, -0.2) is 23.0 Å². The average Bonchev–Trinajstić information content (AvgIpc) is 2.31. The molecule has 1 unspecified atom stereocenters. The van der Waals surface area contributed by atoms with Gasteiger partial charge in [-0.1, -0.05) is 19.1 Å². The predicted octanol–water partition coefficient (Wildman–Crippen LogP) is 2.20. The molecule has 2 N–H and O–H groups in total. The quantitative estimate of drug-likeness (QED) is 0.764. The van der Waals surface area contributed by atoms with Crippen molar-refractivity contribution in [1.29, 1.82) is 0 Å². The molecule has 0 heterocycles. The minimum absolute atomic E-state index is 0.213. The van der Waals surface area contributed by atoms with E-state index in [4.69, 9.17) is 5.11 Å². The molecular weight excluding hydrogens is 345 g/mol. The largest absolute Gasteiger partial charge is 0.480 e. The molecule has 0 radical (unpaired) electrons. The molecule has 1 aromatic rings. The summed E-state index contributed by atoms with van der Waals surface area (Å²) in [4.78, 5) is 22.5. The first kappa shape index (κ1) is 14.9. The molecule has 0 bridgehead atoms. The van der Waals surface area contributed by atoms with E-state index in [1.165, 1.54) is 0 Å². The molecular formula is C13H16INO3. The maximum atomic E-state index is 11.4. The van der Waals surface area contributed by atoms with E-state index < -0.39 is 12.0 Å². The van der Waals surface area contributed by atoms with Crippen molar-refractivity contribution in [3.63, 3.8) is 0 Å². The number of hydrogen-bond donors (Lipinski definition) is 2. The maximum absolute atomic E-state index is 11.4. The number of carboxylic acid groups (broad SMARTS) is 1. The van der Waals surface area contributed by atoms with Crippen LogP contribution in [0.3, 0.4) is 0 Å². The molecule has 1 atom stereocenters. The first-order valence-electron chi connectivity index (χ1n) is 5.79. The van der Waals surface area contributed by atoms with Crippen molar-refractivity contribution < 1.29 is 14.7 Å². The second-order valence-corrected chi connectivity index (χ2v) is 5.28. The highest BCUT2D eigenvalue weighted by atomic mass is 127. The zero-order valence-electron chi connectivity index (χ0n) is 10.1. The Bertz CT molecular complexity index is 417. The number of halogens is 1. The topological polar surface area (TPSA) is 66.4 Å². The number of carbonyl (C=O) groups is 2. The zero-order valence-corrected chi connectivity index (χ0v) is 12.3. The molecule has 0 spiro atoms. The summed E-state index contributed by atoms with van der Waals surface area (Å²) in [6.07, 6.45) is 1.37. The van der Waals surface area contributed by atoms with Gasteiger partial charge in [-0.2, -0.15) is 0 Å². The zero-order chi connectivity index (χ0) is 13.5. The molecule has 0 saturated heterocycles. The van der Waals surface area contributed by atoms with E-state index >= 15 is 0 Å². The number of rotatable bonds is 6. The molecule has 1 rings (SSSR count). The Balaban J connectivity index is 2.65. The lowest BCUT2D eigenvalue weighted by atomic mass is 10.1. The lowest BCUT2D eigenvalue weighted by Crippen LogP contribution is -2.42. The van der Waals surface area contributed by atoms with Crippen LogP contribution in [0.5, 0.6) is 0 Å².